The summed E-state index contributed by atoms with van der Waals surface area (Å²) in [5, 5.41) is 0. The fourth-order valence-electron chi connectivity index (χ4n) is 1.77. The van der Waals surface area contributed by atoms with Gasteiger partial charge >= 0.3 is 0 Å². The van der Waals surface area contributed by atoms with Gasteiger partial charge in [-0.05, 0) is 74.3 Å². The Bertz CT molecular complexity index is 516. The van der Waals surface area contributed by atoms with E-state index in [0.717, 1.165) is 16.5 Å². The van der Waals surface area contributed by atoms with E-state index in [-0.39, 0.29) is 6.04 Å². The van der Waals surface area contributed by atoms with E-state index in [4.69, 9.17) is 5.84 Å². The second-order valence-corrected chi connectivity index (χ2v) is 6.15. The van der Waals surface area contributed by atoms with Gasteiger partial charge in [-0.1, -0.05) is 12.1 Å². The van der Waals surface area contributed by atoms with Crippen LogP contribution in [0.4, 0.5) is 0 Å². The summed E-state index contributed by atoms with van der Waals surface area (Å²) < 4.78 is 2.20. The highest BCUT2D eigenvalue weighted by atomic mass is 127. The summed E-state index contributed by atoms with van der Waals surface area (Å²) in [7, 11) is 0. The number of nitrogens with one attached hydrogen (secondary N) is 1. The van der Waals surface area contributed by atoms with Crippen molar-refractivity contribution in [3.63, 3.8) is 0 Å². The third-order valence-corrected chi connectivity index (χ3v) is 3.83. The maximum Gasteiger partial charge on any atom is 0.0500 e. The van der Waals surface area contributed by atoms with Crippen molar-refractivity contribution in [3.8, 4) is 0 Å². The zero-order chi connectivity index (χ0) is 13.0. The number of benzene rings is 1. The zero-order valence-electron chi connectivity index (χ0n) is 9.61. The van der Waals surface area contributed by atoms with E-state index in [1.54, 1.807) is 6.20 Å². The van der Waals surface area contributed by atoms with Crippen molar-refractivity contribution in [2.24, 2.45) is 5.84 Å². The molecule has 1 aromatic heterocycles. The zero-order valence-corrected chi connectivity index (χ0v) is 13.3. The van der Waals surface area contributed by atoms with Crippen LogP contribution in [0.25, 0.3) is 0 Å². The van der Waals surface area contributed by atoms with E-state index >= 15 is 0 Å². The van der Waals surface area contributed by atoms with Crippen LogP contribution in [0, 0.1) is 3.57 Å². The highest BCUT2D eigenvalue weighted by Crippen LogP contribution is 2.20. The number of hydrazine groups is 1. The lowest BCUT2D eigenvalue weighted by Gasteiger charge is -2.16. The molecule has 1 unspecified atom stereocenters. The molecule has 0 fully saturated rings. The van der Waals surface area contributed by atoms with E-state index in [1.165, 1.54) is 9.13 Å². The Labute approximate surface area is 128 Å². The molecule has 0 spiro atoms. The Morgan fingerprint density at radius 2 is 2.00 bits per heavy atom. The van der Waals surface area contributed by atoms with Crippen LogP contribution in [-0.4, -0.2) is 4.98 Å². The summed E-state index contributed by atoms with van der Waals surface area (Å²) in [5.41, 5.74) is 5.18. The van der Waals surface area contributed by atoms with E-state index in [0.29, 0.717) is 0 Å². The maximum absolute atomic E-state index is 5.64. The van der Waals surface area contributed by atoms with E-state index in [2.05, 4.69) is 79.3 Å². The average molecular weight is 418 g/mol. The predicted octanol–water partition coefficient (Wildman–Crippen LogP) is 3.20. The lowest BCUT2D eigenvalue weighted by Crippen LogP contribution is -2.29. The molecule has 1 aromatic carbocycles. The molecule has 1 atom stereocenters. The Kier molecular flexibility index (Phi) is 5.11. The summed E-state index contributed by atoms with van der Waals surface area (Å²) in [6.45, 7) is 0. The molecule has 0 radical (unpaired) electrons. The molecule has 0 amide bonds. The smallest absolute Gasteiger partial charge is 0.0500 e. The number of aromatic nitrogens is 1. The van der Waals surface area contributed by atoms with Crippen LogP contribution in [0.2, 0.25) is 0 Å². The van der Waals surface area contributed by atoms with Crippen molar-refractivity contribution >= 4 is 38.5 Å². The lowest BCUT2D eigenvalue weighted by atomic mass is 10.0. The molecule has 3 N–H and O–H groups in total. The molecule has 2 aromatic rings. The highest BCUT2D eigenvalue weighted by Gasteiger charge is 2.10. The van der Waals surface area contributed by atoms with Crippen LogP contribution in [0.15, 0.2) is 47.2 Å². The lowest BCUT2D eigenvalue weighted by molar-refractivity contribution is 0.551. The second-order valence-electron chi connectivity index (χ2n) is 3.99. The van der Waals surface area contributed by atoms with E-state index in [9.17, 15) is 0 Å². The number of nitrogens with zero attached hydrogens (tertiary/aromatic N) is 1. The summed E-state index contributed by atoms with van der Waals surface area (Å²) >= 11 is 5.72. The van der Waals surface area contributed by atoms with Crippen LogP contribution in [-0.2, 0) is 6.42 Å². The Balaban J connectivity index is 2.17. The second kappa shape index (κ2) is 6.60. The number of rotatable bonds is 4. The van der Waals surface area contributed by atoms with Crippen LogP contribution in [0.1, 0.15) is 17.2 Å². The predicted molar refractivity (Wildman–Crippen MR) is 84.9 cm³/mol. The minimum atomic E-state index is 0.0955. The van der Waals surface area contributed by atoms with Gasteiger partial charge in [0.15, 0.2) is 0 Å². The van der Waals surface area contributed by atoms with Gasteiger partial charge in [0.25, 0.3) is 0 Å². The maximum atomic E-state index is 5.64. The summed E-state index contributed by atoms with van der Waals surface area (Å²) in [5.74, 6) is 5.64. The summed E-state index contributed by atoms with van der Waals surface area (Å²) in [4.78, 5) is 4.16. The van der Waals surface area contributed by atoms with Gasteiger partial charge in [-0.3, -0.25) is 16.3 Å². The first-order valence-electron chi connectivity index (χ1n) is 5.50. The molecular weight excluding hydrogens is 405 g/mol. The van der Waals surface area contributed by atoms with Gasteiger partial charge in [-0.15, -0.1) is 0 Å². The number of halogens is 2. The quantitative estimate of drug-likeness (QED) is 0.456. The number of nitrogens with two attached hydrogens (primary N) is 1. The molecule has 0 bridgehead atoms. The molecule has 0 saturated carbocycles. The van der Waals surface area contributed by atoms with Gasteiger partial charge < -0.3 is 0 Å². The monoisotopic (exact) mass is 417 g/mol. The minimum Gasteiger partial charge on any atom is -0.271 e. The molecule has 1 heterocycles. The molecular formula is C13H13BrIN3. The first-order chi connectivity index (χ1) is 8.69. The summed E-state index contributed by atoms with van der Waals surface area (Å²) in [6, 6.07) is 10.5. The van der Waals surface area contributed by atoms with Crippen LogP contribution >= 0.6 is 38.5 Å². The van der Waals surface area contributed by atoms with E-state index < -0.39 is 0 Å². The van der Waals surface area contributed by atoms with Gasteiger partial charge in [0.2, 0.25) is 0 Å². The van der Waals surface area contributed by atoms with Crippen molar-refractivity contribution in [1.82, 2.24) is 10.4 Å². The molecule has 2 rings (SSSR count). The molecule has 0 aliphatic heterocycles. The van der Waals surface area contributed by atoms with Crippen molar-refractivity contribution < 1.29 is 0 Å². The number of hydrogen-bond acceptors (Lipinski definition) is 3. The van der Waals surface area contributed by atoms with Crippen molar-refractivity contribution in [1.29, 1.82) is 0 Å². The first kappa shape index (κ1) is 13.9. The Morgan fingerprint density at radius 1 is 1.28 bits per heavy atom. The average Bonchev–Trinajstić information content (AvgIpc) is 2.37. The standard InChI is InChI=1S/C13H13BrIN3/c14-11-5-9(7-17-8-11)6-13(18-16)10-1-3-12(15)4-2-10/h1-5,7-8,13,18H,6,16H2. The van der Waals surface area contributed by atoms with Gasteiger partial charge in [0.05, 0.1) is 6.04 Å². The van der Waals surface area contributed by atoms with Crippen LogP contribution in [0.3, 0.4) is 0 Å². The first-order valence-corrected chi connectivity index (χ1v) is 7.37. The fourth-order valence-corrected chi connectivity index (χ4v) is 2.54. The molecule has 0 saturated heterocycles. The van der Waals surface area contributed by atoms with Crippen molar-refractivity contribution in [3.05, 3.63) is 61.9 Å². The normalized spacial score (nSPS) is 12.4. The van der Waals surface area contributed by atoms with Gasteiger partial charge in [-0.2, -0.15) is 0 Å². The van der Waals surface area contributed by atoms with Gasteiger partial charge in [0, 0.05) is 20.4 Å². The molecule has 5 heteroatoms. The molecule has 18 heavy (non-hydrogen) atoms. The number of pyridine rings is 1. The minimum absolute atomic E-state index is 0.0955. The Morgan fingerprint density at radius 3 is 2.61 bits per heavy atom. The SMILES string of the molecule is NNC(Cc1cncc(Br)c1)c1ccc(I)cc1. The molecule has 0 aliphatic rings. The topological polar surface area (TPSA) is 50.9 Å². The van der Waals surface area contributed by atoms with Crippen molar-refractivity contribution in [2.75, 3.05) is 0 Å². The number of hydrogen-bond donors (Lipinski definition) is 2. The fraction of sp³-hybridized carbons (Fsp3) is 0.154. The third-order valence-electron chi connectivity index (χ3n) is 2.67. The van der Waals surface area contributed by atoms with Crippen LogP contribution in [0.5, 0.6) is 0 Å². The van der Waals surface area contributed by atoms with Crippen LogP contribution < -0.4 is 11.3 Å². The summed E-state index contributed by atoms with van der Waals surface area (Å²) in [6.07, 6.45) is 4.45. The van der Waals surface area contributed by atoms with Crippen molar-refractivity contribution in [2.45, 2.75) is 12.5 Å². The third kappa shape index (κ3) is 3.74. The molecule has 0 aliphatic carbocycles. The highest BCUT2D eigenvalue weighted by molar-refractivity contribution is 14.1. The van der Waals surface area contributed by atoms with Gasteiger partial charge in [0.1, 0.15) is 0 Å². The Hall–Kier alpha value is -0.500. The molecule has 94 valence electrons. The largest absolute Gasteiger partial charge is 0.271 e. The van der Waals surface area contributed by atoms with Gasteiger partial charge in [-0.25, -0.2) is 0 Å². The van der Waals surface area contributed by atoms with E-state index in [1.807, 2.05) is 6.20 Å². The molecule has 3 nitrogen and oxygen atoms in total.